The monoisotopic (exact) mass is 450 g/mol. The van der Waals surface area contributed by atoms with Crippen LogP contribution in [-0.2, 0) is 17.7 Å². The maximum absolute atomic E-state index is 13.1. The number of hydrogen-bond acceptors (Lipinski definition) is 7. The Hall–Kier alpha value is -3.38. The third-order valence-electron chi connectivity index (χ3n) is 6.24. The van der Waals surface area contributed by atoms with Gasteiger partial charge in [0.15, 0.2) is 0 Å². The van der Waals surface area contributed by atoms with Crippen LogP contribution in [0.4, 0.5) is 10.7 Å². The molecule has 1 aromatic carbocycles. The molecule has 9 heteroatoms. The van der Waals surface area contributed by atoms with Crippen LogP contribution in [0.2, 0.25) is 0 Å². The highest BCUT2D eigenvalue weighted by atomic mass is 16.5. The van der Waals surface area contributed by atoms with Gasteiger partial charge in [-0.25, -0.2) is 14.8 Å². The topological polar surface area (TPSA) is 112 Å². The Bertz CT molecular complexity index is 1030. The van der Waals surface area contributed by atoms with Crippen LogP contribution in [0.3, 0.4) is 0 Å². The van der Waals surface area contributed by atoms with Gasteiger partial charge in [0, 0.05) is 32.0 Å². The molecule has 2 aliphatic rings. The van der Waals surface area contributed by atoms with Crippen molar-refractivity contribution in [1.29, 1.82) is 5.26 Å². The van der Waals surface area contributed by atoms with Crippen LogP contribution in [0, 0.1) is 11.3 Å². The Kier molecular flexibility index (Phi) is 7.25. The van der Waals surface area contributed by atoms with Gasteiger partial charge in [-0.3, -0.25) is 0 Å². The van der Waals surface area contributed by atoms with Crippen molar-refractivity contribution in [3.8, 4) is 11.8 Å². The lowest BCUT2D eigenvalue weighted by Gasteiger charge is -2.30. The number of anilines is 1. The number of urea groups is 1. The highest BCUT2D eigenvalue weighted by Crippen LogP contribution is 2.25. The van der Waals surface area contributed by atoms with Gasteiger partial charge < -0.3 is 25.0 Å². The number of nitriles is 1. The molecular formula is C24H30N6O3. The SMILES string of the molecule is CCC(NC(=O)N1CCc2cnc(NC3CCOCC3)nc2C1)c1ccc(OC)c(C#N)c1. The number of rotatable bonds is 6. The fourth-order valence-corrected chi connectivity index (χ4v) is 4.26. The molecule has 1 saturated heterocycles. The number of nitrogens with one attached hydrogen (secondary N) is 2. The molecule has 2 amide bonds. The van der Waals surface area contributed by atoms with Crippen molar-refractivity contribution >= 4 is 12.0 Å². The van der Waals surface area contributed by atoms with Crippen LogP contribution in [0.1, 0.15) is 54.6 Å². The minimum Gasteiger partial charge on any atom is -0.495 e. The van der Waals surface area contributed by atoms with Gasteiger partial charge in [-0.15, -0.1) is 0 Å². The first-order valence-corrected chi connectivity index (χ1v) is 11.4. The number of benzene rings is 1. The predicted octanol–water partition coefficient (Wildman–Crippen LogP) is 3.17. The molecular weight excluding hydrogens is 420 g/mol. The van der Waals surface area contributed by atoms with Crippen molar-refractivity contribution in [2.75, 3.05) is 32.2 Å². The summed E-state index contributed by atoms with van der Waals surface area (Å²) in [5.41, 5.74) is 3.30. The Morgan fingerprint density at radius 1 is 1.39 bits per heavy atom. The Labute approximate surface area is 194 Å². The average molecular weight is 451 g/mol. The summed E-state index contributed by atoms with van der Waals surface area (Å²) in [5.74, 6) is 1.14. The number of carbonyl (C=O) groups is 1. The molecule has 2 aromatic rings. The molecule has 174 valence electrons. The molecule has 0 spiro atoms. The van der Waals surface area contributed by atoms with Gasteiger partial charge in [0.25, 0.3) is 0 Å². The van der Waals surface area contributed by atoms with Gasteiger partial charge in [0.2, 0.25) is 5.95 Å². The van der Waals surface area contributed by atoms with E-state index in [1.807, 2.05) is 19.2 Å². The average Bonchev–Trinajstić information content (AvgIpc) is 2.86. The highest BCUT2D eigenvalue weighted by Gasteiger charge is 2.25. The number of carbonyl (C=O) groups excluding carboxylic acids is 1. The summed E-state index contributed by atoms with van der Waals surface area (Å²) >= 11 is 0. The van der Waals surface area contributed by atoms with Crippen molar-refractivity contribution in [2.24, 2.45) is 0 Å². The number of aromatic nitrogens is 2. The third kappa shape index (κ3) is 5.34. The lowest BCUT2D eigenvalue weighted by Crippen LogP contribution is -2.44. The first-order chi connectivity index (χ1) is 16.1. The number of ether oxygens (including phenoxy) is 2. The van der Waals surface area contributed by atoms with E-state index in [0.717, 1.165) is 49.3 Å². The van der Waals surface area contributed by atoms with E-state index in [0.29, 0.717) is 42.8 Å². The van der Waals surface area contributed by atoms with Crippen LogP contribution in [-0.4, -0.2) is 53.8 Å². The van der Waals surface area contributed by atoms with Gasteiger partial charge in [0.05, 0.1) is 31.0 Å². The minimum atomic E-state index is -0.201. The number of amides is 2. The van der Waals surface area contributed by atoms with Gasteiger partial charge in [0.1, 0.15) is 11.8 Å². The van der Waals surface area contributed by atoms with Crippen molar-refractivity contribution in [2.45, 2.75) is 51.2 Å². The Morgan fingerprint density at radius 3 is 2.94 bits per heavy atom. The van der Waals surface area contributed by atoms with E-state index in [9.17, 15) is 10.1 Å². The predicted molar refractivity (Wildman–Crippen MR) is 123 cm³/mol. The lowest BCUT2D eigenvalue weighted by atomic mass is 10.0. The fourth-order valence-electron chi connectivity index (χ4n) is 4.26. The zero-order valence-electron chi connectivity index (χ0n) is 19.1. The molecule has 9 nitrogen and oxygen atoms in total. The van der Waals surface area contributed by atoms with Gasteiger partial charge in [-0.2, -0.15) is 5.26 Å². The van der Waals surface area contributed by atoms with Gasteiger partial charge in [-0.1, -0.05) is 13.0 Å². The van der Waals surface area contributed by atoms with Crippen molar-refractivity contribution < 1.29 is 14.3 Å². The molecule has 2 aliphatic heterocycles. The van der Waals surface area contributed by atoms with E-state index in [-0.39, 0.29) is 12.1 Å². The molecule has 3 heterocycles. The summed E-state index contributed by atoms with van der Waals surface area (Å²) in [6.45, 7) is 4.55. The molecule has 1 fully saturated rings. The molecule has 1 unspecified atom stereocenters. The maximum atomic E-state index is 13.1. The summed E-state index contributed by atoms with van der Waals surface area (Å²) < 4.78 is 10.6. The van der Waals surface area contributed by atoms with E-state index >= 15 is 0 Å². The molecule has 0 aliphatic carbocycles. The van der Waals surface area contributed by atoms with Crippen LogP contribution < -0.4 is 15.4 Å². The van der Waals surface area contributed by atoms with E-state index in [2.05, 4.69) is 21.7 Å². The molecule has 0 bridgehead atoms. The second-order valence-electron chi connectivity index (χ2n) is 8.35. The first-order valence-electron chi connectivity index (χ1n) is 11.4. The van der Waals surface area contributed by atoms with Gasteiger partial charge >= 0.3 is 6.03 Å². The molecule has 1 aromatic heterocycles. The van der Waals surface area contributed by atoms with Crippen molar-refractivity contribution in [3.63, 3.8) is 0 Å². The normalized spacial score (nSPS) is 16.9. The number of nitrogens with zero attached hydrogens (tertiary/aromatic N) is 4. The minimum absolute atomic E-state index is 0.139. The van der Waals surface area contributed by atoms with Crippen molar-refractivity contribution in [3.05, 3.63) is 46.8 Å². The summed E-state index contributed by atoms with van der Waals surface area (Å²) in [5, 5.41) is 15.9. The molecule has 33 heavy (non-hydrogen) atoms. The van der Waals surface area contributed by atoms with Crippen LogP contribution in [0.15, 0.2) is 24.4 Å². The molecule has 0 radical (unpaired) electrons. The van der Waals surface area contributed by atoms with Crippen LogP contribution in [0.25, 0.3) is 0 Å². The number of methoxy groups -OCH3 is 1. The quantitative estimate of drug-likeness (QED) is 0.695. The van der Waals surface area contributed by atoms with E-state index in [4.69, 9.17) is 14.5 Å². The zero-order valence-corrected chi connectivity index (χ0v) is 19.1. The zero-order chi connectivity index (χ0) is 23.2. The van der Waals surface area contributed by atoms with Crippen LogP contribution in [0.5, 0.6) is 5.75 Å². The lowest BCUT2D eigenvalue weighted by molar-refractivity contribution is 0.0903. The highest BCUT2D eigenvalue weighted by molar-refractivity contribution is 5.75. The second kappa shape index (κ2) is 10.5. The molecule has 1 atom stereocenters. The summed E-state index contributed by atoms with van der Waals surface area (Å²) in [7, 11) is 1.54. The largest absolute Gasteiger partial charge is 0.495 e. The Morgan fingerprint density at radius 2 is 2.21 bits per heavy atom. The number of fused-ring (bicyclic) bond motifs is 1. The fraction of sp³-hybridized carbons (Fsp3) is 0.500. The van der Waals surface area contributed by atoms with Gasteiger partial charge in [-0.05, 0) is 48.9 Å². The van der Waals surface area contributed by atoms with Crippen LogP contribution >= 0.6 is 0 Å². The Balaban J connectivity index is 1.42. The van der Waals surface area contributed by atoms with E-state index in [1.165, 1.54) is 7.11 Å². The second-order valence-corrected chi connectivity index (χ2v) is 8.35. The smallest absolute Gasteiger partial charge is 0.318 e. The summed E-state index contributed by atoms with van der Waals surface area (Å²) in [6, 6.07) is 7.56. The van der Waals surface area contributed by atoms with E-state index < -0.39 is 0 Å². The maximum Gasteiger partial charge on any atom is 0.318 e. The first kappa shape index (κ1) is 22.8. The third-order valence-corrected chi connectivity index (χ3v) is 6.24. The van der Waals surface area contributed by atoms with Crippen molar-refractivity contribution in [1.82, 2.24) is 20.2 Å². The number of hydrogen-bond donors (Lipinski definition) is 2. The molecule has 0 saturated carbocycles. The van der Waals surface area contributed by atoms with E-state index in [1.54, 1.807) is 17.0 Å². The molecule has 2 N–H and O–H groups in total. The summed E-state index contributed by atoms with van der Waals surface area (Å²) in [4.78, 5) is 24.0. The molecule has 4 rings (SSSR count). The standard InChI is InChI=1S/C24H30N6O3/c1-3-20(16-4-5-22(32-2)18(12-16)13-25)29-24(31)30-9-6-17-14-26-23(28-21(17)15-30)27-19-7-10-33-11-8-19/h4-5,12,14,19-20H,3,6-11,15H2,1-2H3,(H,29,31)(H,26,27,28). The summed E-state index contributed by atoms with van der Waals surface area (Å²) in [6.07, 6.45) is 5.17.